The highest BCUT2D eigenvalue weighted by atomic mass is 35.5. The third-order valence-corrected chi connectivity index (χ3v) is 7.33. The standard InChI is InChI=1S/C24H31N3O2.2ClH/c1-15-11-16-5-2-3-8-21(16)27(15)14-22-20(9-10-29-22)24(28)26-23-17-6-4-7-18(23)13-19(25)12-17;;/h2-3,5,8-10,15,17-19,23H,4,6-7,11-14,25H2,1H3,(H,26,28);2*1H. The van der Waals surface area contributed by atoms with Crippen LogP contribution < -0.4 is 16.0 Å². The lowest BCUT2D eigenvalue weighted by molar-refractivity contribution is 0.0754. The lowest BCUT2D eigenvalue weighted by Gasteiger charge is -2.45. The van der Waals surface area contributed by atoms with Crippen molar-refractivity contribution in [2.75, 3.05) is 4.90 Å². The first-order chi connectivity index (χ1) is 14.1. The summed E-state index contributed by atoms with van der Waals surface area (Å²) in [7, 11) is 0. The van der Waals surface area contributed by atoms with Crippen LogP contribution in [0.25, 0.3) is 0 Å². The van der Waals surface area contributed by atoms with E-state index in [0.717, 1.165) is 25.0 Å². The quantitative estimate of drug-likeness (QED) is 0.685. The molecule has 2 aromatic rings. The van der Waals surface area contributed by atoms with Gasteiger partial charge in [-0.2, -0.15) is 0 Å². The Morgan fingerprint density at radius 1 is 1.16 bits per heavy atom. The van der Waals surface area contributed by atoms with Gasteiger partial charge in [0.15, 0.2) is 0 Å². The Balaban J connectivity index is 0.00000136. The van der Waals surface area contributed by atoms with Crippen LogP contribution in [0.4, 0.5) is 5.69 Å². The summed E-state index contributed by atoms with van der Waals surface area (Å²) in [4.78, 5) is 15.5. The van der Waals surface area contributed by atoms with E-state index in [4.69, 9.17) is 10.2 Å². The topological polar surface area (TPSA) is 71.5 Å². The molecule has 0 spiro atoms. The second-order valence-corrected chi connectivity index (χ2v) is 9.25. The van der Waals surface area contributed by atoms with Crippen LogP contribution in [0.1, 0.15) is 60.7 Å². The number of carbonyl (C=O) groups is 1. The molecule has 0 radical (unpaired) electrons. The minimum Gasteiger partial charge on any atom is -0.467 e. The van der Waals surface area contributed by atoms with Crippen LogP contribution in [0.3, 0.4) is 0 Å². The number of para-hydroxylation sites is 1. The number of hydrogen-bond acceptors (Lipinski definition) is 4. The molecule has 3 aliphatic rings. The van der Waals surface area contributed by atoms with Gasteiger partial charge in [-0.15, -0.1) is 24.8 Å². The Morgan fingerprint density at radius 2 is 1.87 bits per heavy atom. The minimum absolute atomic E-state index is 0. The van der Waals surface area contributed by atoms with E-state index in [1.165, 1.54) is 30.5 Å². The summed E-state index contributed by atoms with van der Waals surface area (Å²) < 4.78 is 5.79. The Labute approximate surface area is 196 Å². The molecule has 1 aliphatic heterocycles. The average Bonchev–Trinajstić information content (AvgIpc) is 3.27. The molecule has 1 aromatic carbocycles. The van der Waals surface area contributed by atoms with Gasteiger partial charge in [-0.1, -0.05) is 24.6 Å². The number of rotatable bonds is 4. The van der Waals surface area contributed by atoms with E-state index < -0.39 is 0 Å². The molecule has 3 N–H and O–H groups in total. The predicted octanol–water partition coefficient (Wildman–Crippen LogP) is 4.71. The zero-order valence-corrected chi connectivity index (χ0v) is 19.6. The fourth-order valence-corrected chi connectivity index (χ4v) is 5.94. The van der Waals surface area contributed by atoms with E-state index in [2.05, 4.69) is 41.4 Å². The first kappa shape index (κ1) is 24.0. The zero-order chi connectivity index (χ0) is 20.0. The van der Waals surface area contributed by atoms with Crippen molar-refractivity contribution in [2.45, 2.75) is 70.1 Å². The van der Waals surface area contributed by atoms with Gasteiger partial charge in [0.1, 0.15) is 5.76 Å². The maximum atomic E-state index is 13.2. The Kier molecular flexibility index (Phi) is 7.61. The molecule has 31 heavy (non-hydrogen) atoms. The first-order valence-corrected chi connectivity index (χ1v) is 11.1. The molecule has 170 valence electrons. The van der Waals surface area contributed by atoms with Crippen molar-refractivity contribution in [1.82, 2.24) is 5.32 Å². The summed E-state index contributed by atoms with van der Waals surface area (Å²) in [5.41, 5.74) is 9.54. The lowest BCUT2D eigenvalue weighted by Crippen LogP contribution is -2.53. The fraction of sp³-hybridized carbons (Fsp3) is 0.542. The summed E-state index contributed by atoms with van der Waals surface area (Å²) in [6.45, 7) is 2.85. The number of carbonyl (C=O) groups excluding carboxylic acids is 1. The normalized spacial score (nSPS) is 28.8. The number of benzene rings is 1. The van der Waals surface area contributed by atoms with Crippen LogP contribution in [0, 0.1) is 11.8 Å². The van der Waals surface area contributed by atoms with Gasteiger partial charge < -0.3 is 20.4 Å². The SMILES string of the molecule is CC1Cc2ccccc2N1Cc1occc1C(=O)NC1C2CCCC1CC(N)C2.Cl.Cl. The molecule has 7 heteroatoms. The van der Waals surface area contributed by atoms with Crippen LogP contribution in [0.15, 0.2) is 41.0 Å². The third-order valence-electron chi connectivity index (χ3n) is 7.33. The van der Waals surface area contributed by atoms with Crippen molar-refractivity contribution >= 4 is 36.4 Å². The van der Waals surface area contributed by atoms with Crippen molar-refractivity contribution in [3.8, 4) is 0 Å². The van der Waals surface area contributed by atoms with Crippen LogP contribution >= 0.6 is 24.8 Å². The average molecular weight is 466 g/mol. The number of nitrogens with two attached hydrogens (primary N) is 1. The number of nitrogens with zero attached hydrogens (tertiary/aromatic N) is 1. The molecule has 2 heterocycles. The Morgan fingerprint density at radius 3 is 2.61 bits per heavy atom. The molecular weight excluding hydrogens is 433 g/mol. The van der Waals surface area contributed by atoms with Gasteiger partial charge >= 0.3 is 0 Å². The number of fused-ring (bicyclic) bond motifs is 3. The van der Waals surface area contributed by atoms with Crippen LogP contribution in [0.5, 0.6) is 0 Å². The predicted molar refractivity (Wildman–Crippen MR) is 128 cm³/mol. The van der Waals surface area contributed by atoms with Gasteiger partial charge in [-0.05, 0) is 68.6 Å². The van der Waals surface area contributed by atoms with Gasteiger partial charge in [-0.25, -0.2) is 0 Å². The molecule has 1 aromatic heterocycles. The summed E-state index contributed by atoms with van der Waals surface area (Å²) >= 11 is 0. The van der Waals surface area contributed by atoms with Crippen LogP contribution in [-0.4, -0.2) is 24.0 Å². The van der Waals surface area contributed by atoms with E-state index in [1.807, 2.05) is 6.07 Å². The van der Waals surface area contributed by atoms with Crippen molar-refractivity contribution < 1.29 is 9.21 Å². The highest BCUT2D eigenvalue weighted by Crippen LogP contribution is 2.40. The second-order valence-electron chi connectivity index (χ2n) is 9.25. The first-order valence-electron chi connectivity index (χ1n) is 11.1. The van der Waals surface area contributed by atoms with Crippen LogP contribution in [0.2, 0.25) is 0 Å². The maximum Gasteiger partial charge on any atom is 0.255 e. The molecule has 3 unspecified atom stereocenters. The summed E-state index contributed by atoms with van der Waals surface area (Å²) in [6, 6.07) is 11.3. The van der Waals surface area contributed by atoms with Crippen molar-refractivity contribution in [1.29, 1.82) is 0 Å². The van der Waals surface area contributed by atoms with E-state index in [0.29, 0.717) is 36.0 Å². The monoisotopic (exact) mass is 465 g/mol. The van der Waals surface area contributed by atoms with Gasteiger partial charge in [0.25, 0.3) is 5.91 Å². The molecule has 0 saturated heterocycles. The molecule has 5 rings (SSSR count). The number of amides is 1. The summed E-state index contributed by atoms with van der Waals surface area (Å²) in [5, 5.41) is 3.37. The molecule has 5 nitrogen and oxygen atoms in total. The van der Waals surface area contributed by atoms with E-state index >= 15 is 0 Å². The van der Waals surface area contributed by atoms with Crippen LogP contribution in [-0.2, 0) is 13.0 Å². The Bertz CT molecular complexity index is 888. The second kappa shape index (κ2) is 9.85. The molecule has 3 atom stereocenters. The molecule has 1 amide bonds. The number of hydrogen-bond donors (Lipinski definition) is 2. The molecular formula is C24H33Cl2N3O2. The number of nitrogens with one attached hydrogen (secondary N) is 1. The largest absolute Gasteiger partial charge is 0.467 e. The summed E-state index contributed by atoms with van der Waals surface area (Å²) in [5.74, 6) is 1.79. The van der Waals surface area contributed by atoms with Gasteiger partial charge in [-0.3, -0.25) is 4.79 Å². The number of furan rings is 1. The van der Waals surface area contributed by atoms with Gasteiger partial charge in [0, 0.05) is 23.8 Å². The van der Waals surface area contributed by atoms with Gasteiger partial charge in [0.2, 0.25) is 0 Å². The zero-order valence-electron chi connectivity index (χ0n) is 18.0. The van der Waals surface area contributed by atoms with E-state index in [1.54, 1.807) is 6.26 Å². The van der Waals surface area contributed by atoms with Gasteiger partial charge in [0.05, 0.1) is 18.4 Å². The number of anilines is 1. The minimum atomic E-state index is 0. The smallest absolute Gasteiger partial charge is 0.255 e. The third kappa shape index (κ3) is 4.59. The fourth-order valence-electron chi connectivity index (χ4n) is 5.94. The Hall–Kier alpha value is -1.69. The molecule has 2 bridgehead atoms. The highest BCUT2D eigenvalue weighted by Gasteiger charge is 2.40. The number of halogens is 2. The van der Waals surface area contributed by atoms with Crippen molar-refractivity contribution in [2.24, 2.45) is 17.6 Å². The van der Waals surface area contributed by atoms with E-state index in [9.17, 15) is 4.79 Å². The maximum absolute atomic E-state index is 13.2. The van der Waals surface area contributed by atoms with Crippen molar-refractivity contribution in [3.63, 3.8) is 0 Å². The molecule has 2 fully saturated rings. The van der Waals surface area contributed by atoms with Crippen molar-refractivity contribution in [3.05, 3.63) is 53.5 Å². The molecule has 2 aliphatic carbocycles. The summed E-state index contributed by atoms with van der Waals surface area (Å²) in [6.07, 6.45) is 8.35. The lowest BCUT2D eigenvalue weighted by atomic mass is 9.67. The highest BCUT2D eigenvalue weighted by molar-refractivity contribution is 5.95. The van der Waals surface area contributed by atoms with E-state index in [-0.39, 0.29) is 36.8 Å². The molecule has 2 saturated carbocycles.